The maximum Gasteiger partial charge on any atom is 0.355 e. The van der Waals surface area contributed by atoms with E-state index in [2.05, 4.69) is 10.6 Å². The van der Waals surface area contributed by atoms with Crippen LogP contribution in [0.1, 0.15) is 54.2 Å². The third-order valence-electron chi connectivity index (χ3n) is 8.20. The van der Waals surface area contributed by atoms with Crippen molar-refractivity contribution in [2.24, 2.45) is 5.92 Å². The first-order valence-electron chi connectivity index (χ1n) is 14.5. The second-order valence-corrected chi connectivity index (χ2v) is 11.7. The van der Waals surface area contributed by atoms with Gasteiger partial charge in [-0.2, -0.15) is 0 Å². The van der Waals surface area contributed by atoms with Crippen LogP contribution in [-0.2, 0) is 37.8 Å². The lowest BCUT2D eigenvalue weighted by Crippen LogP contribution is -2.54. The molecular formula is C33H29FN4O6S. The van der Waals surface area contributed by atoms with Gasteiger partial charge in [0, 0.05) is 22.1 Å². The van der Waals surface area contributed by atoms with E-state index in [1.54, 1.807) is 31.4 Å². The van der Waals surface area contributed by atoms with E-state index in [-0.39, 0.29) is 40.4 Å². The molecule has 2 aliphatic heterocycles. The van der Waals surface area contributed by atoms with Gasteiger partial charge >= 0.3 is 11.9 Å². The summed E-state index contributed by atoms with van der Waals surface area (Å²) in [4.78, 5) is 58.4. The molecule has 10 nitrogen and oxygen atoms in total. The van der Waals surface area contributed by atoms with Crippen LogP contribution < -0.4 is 16.2 Å². The number of para-hydroxylation sites is 1. The standard InChI is InChI=1S/C33H29FN4O6S/c1-4-33(44-30(41)26(17(2)3)36-32(45)37-28(39)18-9-11-21(34)12-10-18)23-14-25-27-20(13-19-7-5-6-8-24(19)35-27)15-38(25)29(40)22(23)16-43-31(33)42/h5-14,17,26H,4,15-16H2,1-3H3,(H2,36,37,39,45)/t26-,33-/m0/s1. The number of esters is 2. The molecule has 1 amide bonds. The second kappa shape index (κ2) is 11.5. The Hall–Kier alpha value is -4.97. The van der Waals surface area contributed by atoms with Crippen molar-refractivity contribution in [3.8, 4) is 11.4 Å². The van der Waals surface area contributed by atoms with E-state index in [1.165, 1.54) is 12.1 Å². The van der Waals surface area contributed by atoms with E-state index < -0.39 is 41.2 Å². The minimum Gasteiger partial charge on any atom is -0.457 e. The minimum atomic E-state index is -1.91. The van der Waals surface area contributed by atoms with Crippen molar-refractivity contribution in [3.05, 3.63) is 99.1 Å². The van der Waals surface area contributed by atoms with Crippen LogP contribution in [0, 0.1) is 11.7 Å². The van der Waals surface area contributed by atoms with Gasteiger partial charge in [-0.1, -0.05) is 39.0 Å². The monoisotopic (exact) mass is 628 g/mol. The van der Waals surface area contributed by atoms with Crippen LogP contribution in [0.5, 0.6) is 0 Å². The summed E-state index contributed by atoms with van der Waals surface area (Å²) in [6.07, 6.45) is -0.0119. The Morgan fingerprint density at radius 2 is 1.87 bits per heavy atom. The summed E-state index contributed by atoms with van der Waals surface area (Å²) in [5.41, 5.74) is 1.14. The molecule has 2 N–H and O–H groups in total. The van der Waals surface area contributed by atoms with Gasteiger partial charge in [-0.3, -0.25) is 14.9 Å². The molecule has 45 heavy (non-hydrogen) atoms. The maximum atomic E-state index is 13.8. The molecule has 0 spiro atoms. The highest BCUT2D eigenvalue weighted by atomic mass is 32.1. The molecule has 6 rings (SSSR count). The zero-order valence-corrected chi connectivity index (χ0v) is 25.5. The largest absolute Gasteiger partial charge is 0.457 e. The number of rotatable bonds is 6. The number of hydrogen-bond acceptors (Lipinski definition) is 8. The zero-order valence-electron chi connectivity index (χ0n) is 24.7. The van der Waals surface area contributed by atoms with Gasteiger partial charge in [0.05, 0.1) is 29.0 Å². The lowest BCUT2D eigenvalue weighted by molar-refractivity contribution is -0.191. The number of cyclic esters (lactones) is 1. The highest BCUT2D eigenvalue weighted by molar-refractivity contribution is 7.80. The molecule has 4 heterocycles. The van der Waals surface area contributed by atoms with Crippen LogP contribution >= 0.6 is 12.2 Å². The average Bonchev–Trinajstić information content (AvgIpc) is 3.38. The Bertz CT molecular complexity index is 1960. The van der Waals surface area contributed by atoms with Crippen molar-refractivity contribution in [1.82, 2.24) is 20.2 Å². The van der Waals surface area contributed by atoms with Crippen molar-refractivity contribution in [1.29, 1.82) is 0 Å². The van der Waals surface area contributed by atoms with Crippen molar-refractivity contribution in [2.75, 3.05) is 0 Å². The van der Waals surface area contributed by atoms with E-state index in [9.17, 15) is 23.6 Å². The van der Waals surface area contributed by atoms with Crippen LogP contribution in [0.15, 0.2) is 65.5 Å². The number of carbonyl (C=O) groups is 3. The summed E-state index contributed by atoms with van der Waals surface area (Å²) >= 11 is 5.29. The number of nitrogens with one attached hydrogen (secondary N) is 2. The fourth-order valence-corrected chi connectivity index (χ4v) is 5.99. The number of nitrogens with zero attached hydrogens (tertiary/aromatic N) is 2. The summed E-state index contributed by atoms with van der Waals surface area (Å²) in [6.45, 7) is 5.19. The number of benzene rings is 2. The zero-order chi connectivity index (χ0) is 32.0. The SMILES string of the molecule is CC[C@@]1(OC(=O)[C@@H](NC(=S)NC(=O)c2ccc(F)cc2)C(C)C)C(=O)OCc2c1cc1n(c2=O)Cc2cc3ccccc3nc2-1. The maximum absolute atomic E-state index is 13.8. The molecule has 2 atom stereocenters. The normalized spacial score (nSPS) is 17.1. The van der Waals surface area contributed by atoms with Crippen molar-refractivity contribution in [3.63, 3.8) is 0 Å². The minimum absolute atomic E-state index is 0.0119. The van der Waals surface area contributed by atoms with Gasteiger partial charge in [-0.25, -0.2) is 19.0 Å². The van der Waals surface area contributed by atoms with Gasteiger partial charge < -0.3 is 19.4 Å². The Balaban J connectivity index is 1.32. The number of pyridine rings is 2. The van der Waals surface area contributed by atoms with E-state index in [0.29, 0.717) is 17.9 Å². The Kier molecular flexibility index (Phi) is 7.69. The molecule has 12 heteroatoms. The Morgan fingerprint density at radius 1 is 1.13 bits per heavy atom. The third kappa shape index (κ3) is 5.24. The van der Waals surface area contributed by atoms with E-state index >= 15 is 0 Å². The van der Waals surface area contributed by atoms with Gasteiger partial charge in [0.15, 0.2) is 5.11 Å². The molecule has 0 bridgehead atoms. The summed E-state index contributed by atoms with van der Waals surface area (Å²) in [5.74, 6) is -3.13. The lowest BCUT2D eigenvalue weighted by Gasteiger charge is -2.37. The number of fused-ring (bicyclic) bond motifs is 5. The van der Waals surface area contributed by atoms with Gasteiger partial charge in [0.1, 0.15) is 18.5 Å². The molecule has 0 unspecified atom stereocenters. The lowest BCUT2D eigenvalue weighted by atomic mass is 9.85. The first kappa shape index (κ1) is 30.1. The predicted octanol–water partition coefficient (Wildman–Crippen LogP) is 4.10. The second-order valence-electron chi connectivity index (χ2n) is 11.3. The van der Waals surface area contributed by atoms with Gasteiger partial charge in [-0.05, 0) is 67.0 Å². The summed E-state index contributed by atoms with van der Waals surface area (Å²) in [7, 11) is 0. The number of thiocarbonyl (C=S) groups is 1. The molecule has 0 fully saturated rings. The van der Waals surface area contributed by atoms with Crippen molar-refractivity contribution < 1.29 is 28.2 Å². The van der Waals surface area contributed by atoms with E-state index in [4.69, 9.17) is 26.7 Å². The highest BCUT2D eigenvalue weighted by Gasteiger charge is 2.51. The molecule has 230 valence electrons. The molecule has 2 aromatic heterocycles. The van der Waals surface area contributed by atoms with Gasteiger partial charge in [0.2, 0.25) is 5.60 Å². The molecule has 0 saturated carbocycles. The van der Waals surface area contributed by atoms with E-state index in [0.717, 1.165) is 28.6 Å². The van der Waals surface area contributed by atoms with Crippen molar-refractivity contribution >= 4 is 46.1 Å². The van der Waals surface area contributed by atoms with E-state index in [1.807, 2.05) is 30.3 Å². The number of carbonyl (C=O) groups excluding carboxylic acids is 3. The van der Waals surface area contributed by atoms with Crippen LogP contribution in [0.3, 0.4) is 0 Å². The van der Waals surface area contributed by atoms with Gasteiger partial charge in [0.25, 0.3) is 11.5 Å². The molecule has 4 aromatic rings. The fraction of sp³-hybridized carbons (Fsp3) is 0.273. The molecule has 0 saturated heterocycles. The topological polar surface area (TPSA) is 129 Å². The molecule has 2 aromatic carbocycles. The first-order chi connectivity index (χ1) is 21.5. The van der Waals surface area contributed by atoms with Crippen LogP contribution in [0.2, 0.25) is 0 Å². The Labute approximate surface area is 262 Å². The molecule has 0 aliphatic carbocycles. The summed E-state index contributed by atoms with van der Waals surface area (Å²) in [5, 5.41) is 6.05. The van der Waals surface area contributed by atoms with Crippen LogP contribution in [-0.4, -0.2) is 38.6 Å². The van der Waals surface area contributed by atoms with Crippen molar-refractivity contribution in [2.45, 2.75) is 52.0 Å². The first-order valence-corrected chi connectivity index (χ1v) is 14.9. The number of halogens is 1. The highest BCUT2D eigenvalue weighted by Crippen LogP contribution is 2.41. The number of amides is 1. The number of aromatic nitrogens is 2. The van der Waals surface area contributed by atoms with Gasteiger partial charge in [-0.15, -0.1) is 0 Å². The van der Waals surface area contributed by atoms with Crippen LogP contribution in [0.4, 0.5) is 4.39 Å². The predicted molar refractivity (Wildman–Crippen MR) is 167 cm³/mol. The molecule has 2 aliphatic rings. The quantitative estimate of drug-likeness (QED) is 0.211. The van der Waals surface area contributed by atoms with Crippen LogP contribution in [0.25, 0.3) is 22.3 Å². The summed E-state index contributed by atoms with van der Waals surface area (Å²) in [6, 6.07) is 15.1. The number of hydrogen-bond donors (Lipinski definition) is 2. The molecule has 0 radical (unpaired) electrons. The average molecular weight is 629 g/mol. The smallest absolute Gasteiger partial charge is 0.355 e. The summed E-state index contributed by atoms with van der Waals surface area (Å²) < 4.78 is 26.3. The molecular weight excluding hydrogens is 599 g/mol. The third-order valence-corrected chi connectivity index (χ3v) is 8.42. The number of ether oxygens (including phenoxy) is 2. The fourth-order valence-electron chi connectivity index (χ4n) is 5.77. The Morgan fingerprint density at radius 3 is 2.58 bits per heavy atom.